The van der Waals surface area contributed by atoms with Crippen LogP contribution in [-0.4, -0.2) is 26.2 Å². The van der Waals surface area contributed by atoms with Gasteiger partial charge in [0.05, 0.1) is 26.2 Å². The van der Waals surface area contributed by atoms with Gasteiger partial charge >= 0.3 is 0 Å². The number of piperazine rings is 1. The van der Waals surface area contributed by atoms with E-state index in [-0.39, 0.29) is 0 Å². The second kappa shape index (κ2) is 5.23. The number of hydrogen-bond donors (Lipinski definition) is 1. The number of rotatable bonds is 2. The lowest BCUT2D eigenvalue weighted by atomic mass is 10.0. The zero-order chi connectivity index (χ0) is 12.2. The van der Waals surface area contributed by atoms with Crippen molar-refractivity contribution in [1.82, 2.24) is 0 Å². The Kier molecular flexibility index (Phi) is 3.29. The lowest BCUT2D eigenvalue weighted by Crippen LogP contribution is -2.89. The Morgan fingerprint density at radius 3 is 2.28 bits per heavy atom. The maximum atomic E-state index is 2.48. The molecule has 2 aromatic rings. The highest BCUT2D eigenvalue weighted by atomic mass is 15.2. The minimum Gasteiger partial charge on any atom is -0.360 e. The van der Waals surface area contributed by atoms with Crippen LogP contribution in [0, 0.1) is 0 Å². The van der Waals surface area contributed by atoms with Crippen LogP contribution in [0.3, 0.4) is 0 Å². The van der Waals surface area contributed by atoms with Gasteiger partial charge in [-0.05, 0) is 23.3 Å². The van der Waals surface area contributed by atoms with Gasteiger partial charge in [-0.1, -0.05) is 42.5 Å². The van der Waals surface area contributed by atoms with Crippen LogP contribution in [0.25, 0.3) is 11.1 Å². The zero-order valence-corrected chi connectivity index (χ0v) is 10.5. The van der Waals surface area contributed by atoms with Gasteiger partial charge in [0, 0.05) is 5.69 Å². The maximum absolute atomic E-state index is 2.48. The molecule has 18 heavy (non-hydrogen) atoms. The van der Waals surface area contributed by atoms with Crippen molar-refractivity contribution in [2.45, 2.75) is 0 Å². The van der Waals surface area contributed by atoms with E-state index < -0.39 is 0 Å². The Labute approximate surface area is 108 Å². The van der Waals surface area contributed by atoms with Crippen molar-refractivity contribution >= 4 is 5.69 Å². The third kappa shape index (κ3) is 2.39. The van der Waals surface area contributed by atoms with E-state index in [1.807, 2.05) is 0 Å². The SMILES string of the molecule is c1ccc(-c2cccc(N3CC[NH2+]CC3)c2)cc1. The van der Waals surface area contributed by atoms with Crippen molar-refractivity contribution in [3.63, 3.8) is 0 Å². The van der Waals surface area contributed by atoms with Crippen molar-refractivity contribution in [3.8, 4) is 11.1 Å². The van der Waals surface area contributed by atoms with Gasteiger partial charge in [0.1, 0.15) is 0 Å². The Morgan fingerprint density at radius 2 is 1.50 bits per heavy atom. The first-order chi connectivity index (χ1) is 8.93. The fraction of sp³-hybridized carbons (Fsp3) is 0.250. The monoisotopic (exact) mass is 239 g/mol. The Hall–Kier alpha value is -1.80. The molecule has 2 nitrogen and oxygen atoms in total. The molecule has 1 aliphatic heterocycles. The molecular formula is C16H19N2+. The molecule has 1 aliphatic rings. The van der Waals surface area contributed by atoms with Crippen LogP contribution in [0.2, 0.25) is 0 Å². The lowest BCUT2D eigenvalue weighted by Gasteiger charge is -2.27. The summed E-state index contributed by atoms with van der Waals surface area (Å²) in [5.74, 6) is 0. The van der Waals surface area contributed by atoms with E-state index in [1.165, 1.54) is 29.9 Å². The van der Waals surface area contributed by atoms with E-state index in [4.69, 9.17) is 0 Å². The second-order valence-electron chi connectivity index (χ2n) is 4.77. The summed E-state index contributed by atoms with van der Waals surface area (Å²) in [6, 6.07) is 19.5. The molecule has 1 fully saturated rings. The van der Waals surface area contributed by atoms with Crippen LogP contribution in [0.5, 0.6) is 0 Å². The normalized spacial score (nSPS) is 15.7. The second-order valence-corrected chi connectivity index (χ2v) is 4.77. The maximum Gasteiger partial charge on any atom is 0.0934 e. The molecule has 2 aromatic carbocycles. The van der Waals surface area contributed by atoms with Gasteiger partial charge in [0.15, 0.2) is 0 Å². The van der Waals surface area contributed by atoms with Crippen LogP contribution in [0.15, 0.2) is 54.6 Å². The van der Waals surface area contributed by atoms with Crippen LogP contribution in [0.1, 0.15) is 0 Å². The molecule has 2 heteroatoms. The number of nitrogens with two attached hydrogens (primary N) is 1. The van der Waals surface area contributed by atoms with Crippen molar-refractivity contribution < 1.29 is 5.32 Å². The Morgan fingerprint density at radius 1 is 0.778 bits per heavy atom. The average Bonchev–Trinajstić information content (AvgIpc) is 2.49. The summed E-state index contributed by atoms with van der Waals surface area (Å²) >= 11 is 0. The van der Waals surface area contributed by atoms with E-state index in [9.17, 15) is 0 Å². The quantitative estimate of drug-likeness (QED) is 0.846. The number of anilines is 1. The highest BCUT2D eigenvalue weighted by Crippen LogP contribution is 2.24. The predicted octanol–water partition coefficient (Wildman–Crippen LogP) is 1.74. The van der Waals surface area contributed by atoms with Crippen LogP contribution in [-0.2, 0) is 0 Å². The molecule has 0 saturated carbocycles. The first-order valence-corrected chi connectivity index (χ1v) is 6.65. The molecule has 0 atom stereocenters. The number of hydrogen-bond acceptors (Lipinski definition) is 1. The van der Waals surface area contributed by atoms with E-state index >= 15 is 0 Å². The third-order valence-electron chi connectivity index (χ3n) is 3.52. The number of quaternary nitrogens is 1. The fourth-order valence-corrected chi connectivity index (χ4v) is 2.52. The highest BCUT2D eigenvalue weighted by molar-refractivity contribution is 5.68. The zero-order valence-electron chi connectivity index (χ0n) is 10.5. The molecule has 0 bridgehead atoms. The molecule has 3 rings (SSSR count). The minimum atomic E-state index is 1.15. The van der Waals surface area contributed by atoms with Gasteiger partial charge in [-0.25, -0.2) is 0 Å². The van der Waals surface area contributed by atoms with Crippen molar-refractivity contribution in [2.24, 2.45) is 0 Å². The largest absolute Gasteiger partial charge is 0.360 e. The fourth-order valence-electron chi connectivity index (χ4n) is 2.52. The van der Waals surface area contributed by atoms with Crippen molar-refractivity contribution in [3.05, 3.63) is 54.6 Å². The number of benzene rings is 2. The van der Waals surface area contributed by atoms with Crippen LogP contribution in [0.4, 0.5) is 5.69 Å². The van der Waals surface area contributed by atoms with E-state index in [1.54, 1.807) is 0 Å². The van der Waals surface area contributed by atoms with Crippen molar-refractivity contribution in [2.75, 3.05) is 31.1 Å². The third-order valence-corrected chi connectivity index (χ3v) is 3.52. The molecule has 1 heterocycles. The molecule has 0 radical (unpaired) electrons. The Balaban J connectivity index is 1.89. The summed E-state index contributed by atoms with van der Waals surface area (Å²) in [6.45, 7) is 4.71. The lowest BCUT2D eigenvalue weighted by molar-refractivity contribution is -0.655. The standard InChI is InChI=1S/C16H18N2/c1-2-5-14(6-3-1)15-7-4-8-16(13-15)18-11-9-17-10-12-18/h1-8,13,17H,9-12H2/p+1. The van der Waals surface area contributed by atoms with Gasteiger partial charge < -0.3 is 10.2 Å². The van der Waals surface area contributed by atoms with E-state index in [2.05, 4.69) is 64.8 Å². The van der Waals surface area contributed by atoms with Gasteiger partial charge in [-0.15, -0.1) is 0 Å². The predicted molar refractivity (Wildman–Crippen MR) is 75.8 cm³/mol. The van der Waals surface area contributed by atoms with Gasteiger partial charge in [0.25, 0.3) is 0 Å². The molecule has 0 amide bonds. The Bertz CT molecular complexity index is 502. The summed E-state index contributed by atoms with van der Waals surface area (Å²) in [5.41, 5.74) is 3.95. The molecule has 0 aliphatic carbocycles. The molecule has 1 saturated heterocycles. The van der Waals surface area contributed by atoms with Gasteiger partial charge in [0.2, 0.25) is 0 Å². The molecule has 92 valence electrons. The van der Waals surface area contributed by atoms with E-state index in [0.717, 1.165) is 13.1 Å². The first-order valence-electron chi connectivity index (χ1n) is 6.65. The summed E-state index contributed by atoms with van der Waals surface area (Å²) in [6.07, 6.45) is 0. The smallest absolute Gasteiger partial charge is 0.0934 e. The summed E-state index contributed by atoms with van der Waals surface area (Å²) < 4.78 is 0. The molecular weight excluding hydrogens is 220 g/mol. The summed E-state index contributed by atoms with van der Waals surface area (Å²) in [4.78, 5) is 2.48. The highest BCUT2D eigenvalue weighted by Gasteiger charge is 2.12. The van der Waals surface area contributed by atoms with Crippen molar-refractivity contribution in [1.29, 1.82) is 0 Å². The topological polar surface area (TPSA) is 19.9 Å². The van der Waals surface area contributed by atoms with Gasteiger partial charge in [-0.3, -0.25) is 0 Å². The minimum absolute atomic E-state index is 1.15. The average molecular weight is 239 g/mol. The molecule has 0 aromatic heterocycles. The molecule has 0 unspecified atom stereocenters. The van der Waals surface area contributed by atoms with Crippen LogP contribution >= 0.6 is 0 Å². The molecule has 2 N–H and O–H groups in total. The van der Waals surface area contributed by atoms with Crippen LogP contribution < -0.4 is 10.2 Å². The van der Waals surface area contributed by atoms with Gasteiger partial charge in [-0.2, -0.15) is 0 Å². The molecule has 0 spiro atoms. The first kappa shape index (κ1) is 11.3. The number of nitrogens with zero attached hydrogens (tertiary/aromatic N) is 1. The summed E-state index contributed by atoms with van der Waals surface area (Å²) in [7, 11) is 0. The summed E-state index contributed by atoms with van der Waals surface area (Å²) in [5, 5.41) is 2.39. The van der Waals surface area contributed by atoms with E-state index in [0.29, 0.717) is 0 Å².